The number of amides is 1. The van der Waals surface area contributed by atoms with Crippen LogP contribution in [-0.4, -0.2) is 29.0 Å². The number of aromatic amines is 1. The zero-order valence-corrected chi connectivity index (χ0v) is 19.9. The topological polar surface area (TPSA) is 84.5 Å². The van der Waals surface area contributed by atoms with E-state index in [1.165, 1.54) is 47.3 Å². The van der Waals surface area contributed by atoms with Crippen molar-refractivity contribution in [3.63, 3.8) is 0 Å². The van der Waals surface area contributed by atoms with Crippen molar-refractivity contribution >= 4 is 44.9 Å². The Morgan fingerprint density at radius 1 is 1.15 bits per heavy atom. The standard InChI is InChI=1S/C26H25N3O4S/c1-16(30)29(23-9-5-6-10-24(23)32-2)26-27-18(15-34-26)14-33-25(31)17-11-12-22-20(13-17)19-7-3-4-8-21(19)28-22/h5-6,9-13,15,28H,3-4,7-8,14H2,1-2H3. The second kappa shape index (κ2) is 9.30. The van der Waals surface area contributed by atoms with Gasteiger partial charge in [-0.05, 0) is 61.6 Å². The van der Waals surface area contributed by atoms with Gasteiger partial charge in [-0.3, -0.25) is 9.69 Å². The predicted molar refractivity (Wildman–Crippen MR) is 132 cm³/mol. The lowest BCUT2D eigenvalue weighted by atomic mass is 9.95. The van der Waals surface area contributed by atoms with Crippen molar-refractivity contribution in [2.24, 2.45) is 0 Å². The molecule has 2 aromatic heterocycles. The summed E-state index contributed by atoms with van der Waals surface area (Å²) in [6, 6.07) is 12.9. The van der Waals surface area contributed by atoms with Crippen molar-refractivity contribution in [2.45, 2.75) is 39.2 Å². The molecule has 0 saturated heterocycles. The largest absolute Gasteiger partial charge is 0.495 e. The molecule has 2 aromatic carbocycles. The normalized spacial score (nSPS) is 12.9. The molecular formula is C26H25N3O4S. The number of hydrogen-bond donors (Lipinski definition) is 1. The quantitative estimate of drug-likeness (QED) is 0.370. The van der Waals surface area contributed by atoms with E-state index in [4.69, 9.17) is 9.47 Å². The van der Waals surface area contributed by atoms with Gasteiger partial charge in [-0.2, -0.15) is 0 Å². The van der Waals surface area contributed by atoms with Crippen LogP contribution in [0.1, 0.15) is 47.1 Å². The number of thiazole rings is 1. The lowest BCUT2D eigenvalue weighted by Gasteiger charge is -2.20. The first-order valence-electron chi connectivity index (χ1n) is 11.2. The van der Waals surface area contributed by atoms with E-state index in [0.717, 1.165) is 23.7 Å². The number of hydrogen-bond acceptors (Lipinski definition) is 6. The third kappa shape index (κ3) is 4.17. The zero-order chi connectivity index (χ0) is 23.7. The number of nitrogens with zero attached hydrogens (tertiary/aromatic N) is 2. The molecule has 0 bridgehead atoms. The molecule has 4 aromatic rings. The lowest BCUT2D eigenvalue weighted by Crippen LogP contribution is -2.23. The summed E-state index contributed by atoms with van der Waals surface area (Å²) in [6.07, 6.45) is 4.46. The number of para-hydroxylation sites is 2. The smallest absolute Gasteiger partial charge is 0.338 e. The molecule has 1 aliphatic carbocycles. The molecule has 0 unspecified atom stereocenters. The minimum Gasteiger partial charge on any atom is -0.495 e. The summed E-state index contributed by atoms with van der Waals surface area (Å²) >= 11 is 1.31. The molecule has 174 valence electrons. The van der Waals surface area contributed by atoms with Crippen molar-refractivity contribution in [3.8, 4) is 5.75 Å². The maximum absolute atomic E-state index is 12.8. The summed E-state index contributed by atoms with van der Waals surface area (Å²) in [5.74, 6) is -0.0101. The monoisotopic (exact) mass is 475 g/mol. The molecule has 0 radical (unpaired) electrons. The van der Waals surface area contributed by atoms with Gasteiger partial charge in [-0.15, -0.1) is 11.3 Å². The number of benzene rings is 2. The Balaban J connectivity index is 1.32. The van der Waals surface area contributed by atoms with Crippen LogP contribution in [0.3, 0.4) is 0 Å². The van der Waals surface area contributed by atoms with Crippen molar-refractivity contribution in [1.82, 2.24) is 9.97 Å². The molecule has 8 heteroatoms. The van der Waals surface area contributed by atoms with Crippen LogP contribution < -0.4 is 9.64 Å². The number of nitrogens with one attached hydrogen (secondary N) is 1. The van der Waals surface area contributed by atoms with Crippen LogP contribution >= 0.6 is 11.3 Å². The van der Waals surface area contributed by atoms with E-state index >= 15 is 0 Å². The SMILES string of the molecule is COc1ccccc1N(C(C)=O)c1nc(COC(=O)c2ccc3[nH]c4c(c3c2)CCCC4)cs1. The highest BCUT2D eigenvalue weighted by Crippen LogP contribution is 2.35. The van der Waals surface area contributed by atoms with Gasteiger partial charge in [-0.25, -0.2) is 9.78 Å². The highest BCUT2D eigenvalue weighted by Gasteiger charge is 2.22. The van der Waals surface area contributed by atoms with Gasteiger partial charge < -0.3 is 14.5 Å². The molecule has 0 fully saturated rings. The number of aryl methyl sites for hydroxylation is 2. The summed E-state index contributed by atoms with van der Waals surface area (Å²) in [7, 11) is 1.56. The minimum absolute atomic E-state index is 0.0241. The number of methoxy groups -OCH3 is 1. The summed E-state index contributed by atoms with van der Waals surface area (Å²) in [6.45, 7) is 1.50. The molecule has 7 nitrogen and oxygen atoms in total. The van der Waals surface area contributed by atoms with E-state index in [1.807, 2.05) is 24.3 Å². The molecule has 2 heterocycles. The number of carbonyl (C=O) groups is 2. The summed E-state index contributed by atoms with van der Waals surface area (Å²) in [4.78, 5) is 34.7. The molecule has 1 N–H and O–H groups in total. The maximum atomic E-state index is 12.8. The minimum atomic E-state index is -0.393. The average molecular weight is 476 g/mol. The highest BCUT2D eigenvalue weighted by molar-refractivity contribution is 7.14. The Morgan fingerprint density at radius 3 is 2.79 bits per heavy atom. The van der Waals surface area contributed by atoms with Crippen molar-refractivity contribution in [1.29, 1.82) is 0 Å². The van der Waals surface area contributed by atoms with Crippen LogP contribution in [-0.2, 0) is 29.0 Å². The van der Waals surface area contributed by atoms with Crippen LogP contribution in [0.25, 0.3) is 10.9 Å². The van der Waals surface area contributed by atoms with Crippen LogP contribution in [0, 0.1) is 0 Å². The third-order valence-corrected chi connectivity index (χ3v) is 6.93. The molecule has 0 atom stereocenters. The first kappa shape index (κ1) is 22.2. The van der Waals surface area contributed by atoms with Crippen molar-refractivity contribution in [2.75, 3.05) is 12.0 Å². The van der Waals surface area contributed by atoms with E-state index in [2.05, 4.69) is 9.97 Å². The molecular weight excluding hydrogens is 450 g/mol. The Morgan fingerprint density at radius 2 is 1.97 bits per heavy atom. The third-order valence-electron chi connectivity index (χ3n) is 6.06. The van der Waals surface area contributed by atoms with Gasteiger partial charge in [0, 0.05) is 28.9 Å². The van der Waals surface area contributed by atoms with Crippen LogP contribution in [0.2, 0.25) is 0 Å². The van der Waals surface area contributed by atoms with E-state index in [9.17, 15) is 9.59 Å². The molecule has 5 rings (SSSR count). The van der Waals surface area contributed by atoms with Crippen LogP contribution in [0.4, 0.5) is 10.8 Å². The number of carbonyl (C=O) groups excluding carboxylic acids is 2. The second-order valence-electron chi connectivity index (χ2n) is 8.27. The van der Waals surface area contributed by atoms with Crippen LogP contribution in [0.15, 0.2) is 47.8 Å². The van der Waals surface area contributed by atoms with Gasteiger partial charge in [0.15, 0.2) is 5.13 Å². The Labute approximate surface area is 201 Å². The molecule has 0 saturated carbocycles. The number of ether oxygens (including phenoxy) is 2. The van der Waals surface area contributed by atoms with Crippen molar-refractivity contribution < 1.29 is 19.1 Å². The molecule has 1 aliphatic rings. The van der Waals surface area contributed by atoms with E-state index in [1.54, 1.807) is 30.7 Å². The van der Waals surface area contributed by atoms with Gasteiger partial charge in [0.05, 0.1) is 24.1 Å². The Bertz CT molecular complexity index is 1370. The molecule has 0 spiro atoms. The Kier molecular flexibility index (Phi) is 6.06. The molecule has 1 amide bonds. The summed E-state index contributed by atoms with van der Waals surface area (Å²) in [5.41, 5.74) is 5.38. The number of esters is 1. The van der Waals surface area contributed by atoms with Gasteiger partial charge in [0.2, 0.25) is 5.91 Å². The predicted octanol–water partition coefficient (Wildman–Crippen LogP) is 5.55. The van der Waals surface area contributed by atoms with Gasteiger partial charge in [0.25, 0.3) is 0 Å². The van der Waals surface area contributed by atoms with E-state index in [-0.39, 0.29) is 12.5 Å². The molecule has 0 aliphatic heterocycles. The number of aromatic nitrogens is 2. The second-order valence-corrected chi connectivity index (χ2v) is 9.11. The fourth-order valence-corrected chi connectivity index (χ4v) is 5.31. The maximum Gasteiger partial charge on any atom is 0.338 e. The number of fused-ring (bicyclic) bond motifs is 3. The number of rotatable bonds is 6. The Hall–Kier alpha value is -3.65. The van der Waals surface area contributed by atoms with Crippen molar-refractivity contribution in [3.05, 3.63) is 70.4 Å². The molecule has 34 heavy (non-hydrogen) atoms. The summed E-state index contributed by atoms with van der Waals surface area (Å²) < 4.78 is 11.0. The fourth-order valence-electron chi connectivity index (χ4n) is 4.44. The van der Waals surface area contributed by atoms with Gasteiger partial charge >= 0.3 is 5.97 Å². The number of H-pyrrole nitrogens is 1. The van der Waals surface area contributed by atoms with E-state index < -0.39 is 5.97 Å². The van der Waals surface area contributed by atoms with Crippen LogP contribution in [0.5, 0.6) is 5.75 Å². The van der Waals surface area contributed by atoms with Gasteiger partial charge in [0.1, 0.15) is 12.4 Å². The first-order valence-corrected chi connectivity index (χ1v) is 12.1. The van der Waals surface area contributed by atoms with Gasteiger partial charge in [-0.1, -0.05) is 12.1 Å². The first-order chi connectivity index (χ1) is 16.5. The highest BCUT2D eigenvalue weighted by atomic mass is 32.1. The fraction of sp³-hybridized carbons (Fsp3) is 0.269. The summed E-state index contributed by atoms with van der Waals surface area (Å²) in [5, 5.41) is 3.39. The number of anilines is 2. The average Bonchev–Trinajstić information content (AvgIpc) is 3.47. The van der Waals surface area contributed by atoms with E-state index in [0.29, 0.717) is 27.8 Å². The lowest BCUT2D eigenvalue weighted by molar-refractivity contribution is -0.115. The zero-order valence-electron chi connectivity index (χ0n) is 19.1.